The van der Waals surface area contributed by atoms with Crippen LogP contribution in [-0.2, 0) is 27.7 Å². The van der Waals surface area contributed by atoms with Crippen molar-refractivity contribution >= 4 is 37.9 Å². The van der Waals surface area contributed by atoms with Gasteiger partial charge in [-0.3, -0.25) is 4.90 Å². The van der Waals surface area contributed by atoms with Crippen LogP contribution in [0.5, 0.6) is 5.75 Å². The molecule has 1 N–H and O–H groups in total. The van der Waals surface area contributed by atoms with Gasteiger partial charge in [0.25, 0.3) is 0 Å². The van der Waals surface area contributed by atoms with Crippen molar-refractivity contribution in [3.63, 3.8) is 0 Å². The Morgan fingerprint density at radius 1 is 1.23 bits per heavy atom. The first kappa shape index (κ1) is 20.8. The van der Waals surface area contributed by atoms with Gasteiger partial charge in [-0.15, -0.1) is 11.3 Å². The standard InChI is InChI=1S/C22H23NO5S2/c1-28-22(25)19-11-15-5-2-3-7-18(15)20(21(19)24)13-23(12-17-6-4-9-29-17)16-8-10-30(26,27)14-16/h2-7,9,11,16,24H,8,10,12-14H2,1H3. The highest BCUT2D eigenvalue weighted by Gasteiger charge is 2.33. The summed E-state index contributed by atoms with van der Waals surface area (Å²) >= 11 is 1.61. The fraction of sp³-hybridized carbons (Fsp3) is 0.318. The molecule has 8 heteroatoms. The molecule has 0 aliphatic carbocycles. The van der Waals surface area contributed by atoms with Gasteiger partial charge in [0.1, 0.15) is 11.3 Å². The average Bonchev–Trinajstić information content (AvgIpc) is 3.37. The van der Waals surface area contributed by atoms with Crippen molar-refractivity contribution in [1.82, 2.24) is 4.90 Å². The Morgan fingerprint density at radius 2 is 2.03 bits per heavy atom. The number of hydrogen-bond donors (Lipinski definition) is 1. The summed E-state index contributed by atoms with van der Waals surface area (Å²) in [6.45, 7) is 0.906. The van der Waals surface area contributed by atoms with E-state index in [2.05, 4.69) is 4.90 Å². The van der Waals surface area contributed by atoms with Crippen molar-refractivity contribution in [3.05, 3.63) is 63.8 Å². The second kappa shape index (κ2) is 8.37. The second-order valence-corrected chi connectivity index (χ2v) is 10.8. The number of phenolic OH excluding ortho intramolecular Hbond substituents is 1. The third-order valence-corrected chi connectivity index (χ3v) is 8.17. The molecule has 1 unspecified atom stereocenters. The normalized spacial score (nSPS) is 18.1. The van der Waals surface area contributed by atoms with Gasteiger partial charge < -0.3 is 9.84 Å². The number of carbonyl (C=O) groups excluding carboxylic acids is 1. The van der Waals surface area contributed by atoms with Crippen LogP contribution >= 0.6 is 11.3 Å². The summed E-state index contributed by atoms with van der Waals surface area (Å²) in [6, 6.07) is 13.0. The molecule has 0 saturated carbocycles. The van der Waals surface area contributed by atoms with Crippen LogP contribution in [0.15, 0.2) is 47.8 Å². The number of methoxy groups -OCH3 is 1. The van der Waals surface area contributed by atoms with Crippen molar-refractivity contribution in [2.75, 3.05) is 18.6 Å². The average molecular weight is 446 g/mol. The SMILES string of the molecule is COC(=O)c1cc2ccccc2c(CN(Cc2cccs2)C2CCS(=O)(=O)C2)c1O. The summed E-state index contributed by atoms with van der Waals surface area (Å²) in [5.74, 6) is -0.438. The lowest BCUT2D eigenvalue weighted by atomic mass is 9.98. The summed E-state index contributed by atoms with van der Waals surface area (Å²) in [4.78, 5) is 15.5. The number of aromatic hydroxyl groups is 1. The summed E-state index contributed by atoms with van der Waals surface area (Å²) in [7, 11) is -1.78. The molecule has 1 aliphatic heterocycles. The van der Waals surface area contributed by atoms with Crippen molar-refractivity contribution in [2.45, 2.75) is 25.6 Å². The minimum Gasteiger partial charge on any atom is -0.507 e. The van der Waals surface area contributed by atoms with Gasteiger partial charge >= 0.3 is 5.97 Å². The Kier molecular flexibility index (Phi) is 5.81. The third kappa shape index (κ3) is 4.21. The smallest absolute Gasteiger partial charge is 0.341 e. The number of hydrogen-bond acceptors (Lipinski definition) is 7. The number of ether oxygens (including phenoxy) is 1. The van der Waals surface area contributed by atoms with Crippen molar-refractivity contribution in [3.8, 4) is 5.75 Å². The van der Waals surface area contributed by atoms with Gasteiger partial charge in [-0.2, -0.15) is 0 Å². The van der Waals surface area contributed by atoms with E-state index in [1.807, 2.05) is 41.8 Å². The zero-order valence-corrected chi connectivity index (χ0v) is 18.2. The van der Waals surface area contributed by atoms with Gasteiger partial charge in [0, 0.05) is 29.6 Å². The molecule has 1 atom stereocenters. The monoisotopic (exact) mass is 445 g/mol. The van der Waals surface area contributed by atoms with E-state index in [0.29, 0.717) is 25.1 Å². The lowest BCUT2D eigenvalue weighted by Gasteiger charge is -2.29. The van der Waals surface area contributed by atoms with Gasteiger partial charge in [0.05, 0.1) is 18.6 Å². The molecule has 30 heavy (non-hydrogen) atoms. The fourth-order valence-electron chi connectivity index (χ4n) is 4.02. The summed E-state index contributed by atoms with van der Waals surface area (Å²) < 4.78 is 29.1. The number of fused-ring (bicyclic) bond motifs is 1. The maximum absolute atomic E-state index is 12.2. The number of benzene rings is 2. The molecule has 6 nitrogen and oxygen atoms in total. The quantitative estimate of drug-likeness (QED) is 0.584. The van der Waals surface area contributed by atoms with Crippen LogP contribution in [0.2, 0.25) is 0 Å². The van der Waals surface area contributed by atoms with Gasteiger partial charge in [0.15, 0.2) is 9.84 Å². The number of sulfone groups is 1. The van der Waals surface area contributed by atoms with E-state index in [-0.39, 0.29) is 28.9 Å². The Morgan fingerprint density at radius 3 is 2.70 bits per heavy atom. The molecule has 0 amide bonds. The Bertz CT molecular complexity index is 1170. The second-order valence-electron chi connectivity index (χ2n) is 7.51. The van der Waals surface area contributed by atoms with Crippen LogP contribution in [0.25, 0.3) is 10.8 Å². The molecular weight excluding hydrogens is 422 g/mol. The van der Waals surface area contributed by atoms with Gasteiger partial charge in [0.2, 0.25) is 0 Å². The summed E-state index contributed by atoms with van der Waals surface area (Å²) in [5.41, 5.74) is 0.718. The first-order valence-electron chi connectivity index (χ1n) is 9.66. The van der Waals surface area contributed by atoms with E-state index in [4.69, 9.17) is 4.74 Å². The van der Waals surface area contributed by atoms with E-state index >= 15 is 0 Å². The highest BCUT2D eigenvalue weighted by atomic mass is 32.2. The lowest BCUT2D eigenvalue weighted by Crippen LogP contribution is -2.35. The molecule has 0 radical (unpaired) electrons. The predicted octanol–water partition coefficient (Wildman–Crippen LogP) is 3.58. The highest BCUT2D eigenvalue weighted by Crippen LogP contribution is 2.34. The van der Waals surface area contributed by atoms with Crippen molar-refractivity contribution < 1.29 is 23.1 Å². The van der Waals surface area contributed by atoms with E-state index in [0.717, 1.165) is 15.6 Å². The number of nitrogens with zero attached hydrogens (tertiary/aromatic N) is 1. The zero-order chi connectivity index (χ0) is 21.3. The molecule has 0 bridgehead atoms. The first-order valence-corrected chi connectivity index (χ1v) is 12.4. The zero-order valence-electron chi connectivity index (χ0n) is 16.6. The van der Waals surface area contributed by atoms with Gasteiger partial charge in [-0.1, -0.05) is 30.3 Å². The van der Waals surface area contributed by atoms with Crippen LogP contribution in [-0.4, -0.2) is 49.1 Å². The molecular formula is C22H23NO5S2. The molecule has 158 valence electrons. The third-order valence-electron chi connectivity index (χ3n) is 5.56. The maximum Gasteiger partial charge on any atom is 0.341 e. The lowest BCUT2D eigenvalue weighted by molar-refractivity contribution is 0.0597. The maximum atomic E-state index is 12.2. The number of phenols is 1. The molecule has 1 aliphatic rings. The molecule has 1 fully saturated rings. The number of rotatable bonds is 6. The molecule has 2 aromatic carbocycles. The number of esters is 1. The molecule has 2 heterocycles. The van der Waals surface area contributed by atoms with Crippen LogP contribution < -0.4 is 0 Å². The Labute approximate surface area is 179 Å². The number of carbonyl (C=O) groups is 1. The summed E-state index contributed by atoms with van der Waals surface area (Å²) in [6.07, 6.45) is 0.559. The minimum absolute atomic E-state index is 0.105. The topological polar surface area (TPSA) is 83.9 Å². The molecule has 0 spiro atoms. The van der Waals surface area contributed by atoms with Crippen molar-refractivity contribution in [2.24, 2.45) is 0 Å². The molecule has 4 rings (SSSR count). The van der Waals surface area contributed by atoms with Crippen LogP contribution in [0, 0.1) is 0 Å². The molecule has 3 aromatic rings. The molecule has 1 saturated heterocycles. The van der Waals surface area contributed by atoms with Crippen LogP contribution in [0.4, 0.5) is 0 Å². The minimum atomic E-state index is -3.06. The summed E-state index contributed by atoms with van der Waals surface area (Å²) in [5, 5.41) is 14.6. The predicted molar refractivity (Wildman–Crippen MR) is 118 cm³/mol. The Hall–Kier alpha value is -2.42. The number of thiophene rings is 1. The highest BCUT2D eigenvalue weighted by molar-refractivity contribution is 7.91. The Balaban J connectivity index is 1.78. The van der Waals surface area contributed by atoms with E-state index < -0.39 is 15.8 Å². The fourth-order valence-corrected chi connectivity index (χ4v) is 6.51. The van der Waals surface area contributed by atoms with Crippen LogP contribution in [0.3, 0.4) is 0 Å². The van der Waals surface area contributed by atoms with E-state index in [9.17, 15) is 18.3 Å². The van der Waals surface area contributed by atoms with Crippen molar-refractivity contribution in [1.29, 1.82) is 0 Å². The van der Waals surface area contributed by atoms with Crippen LogP contribution in [0.1, 0.15) is 27.2 Å². The first-order chi connectivity index (χ1) is 14.4. The van der Waals surface area contributed by atoms with E-state index in [1.165, 1.54) is 7.11 Å². The molecule has 1 aromatic heterocycles. The van der Waals surface area contributed by atoms with E-state index in [1.54, 1.807) is 17.4 Å². The van der Waals surface area contributed by atoms with Gasteiger partial charge in [-0.25, -0.2) is 13.2 Å². The van der Waals surface area contributed by atoms with Gasteiger partial charge in [-0.05, 0) is 34.7 Å². The largest absolute Gasteiger partial charge is 0.507 e.